The molecule has 18 nitrogen and oxygen atoms in total. The summed E-state index contributed by atoms with van der Waals surface area (Å²) in [5, 5.41) is 11.7. The number of piperidine rings is 3. The lowest BCUT2D eigenvalue weighted by Gasteiger charge is -2.26. The number of rotatable bonds is 21. The maximum atomic E-state index is 12.9. The highest BCUT2D eigenvalue weighted by Crippen LogP contribution is 2.34. The van der Waals surface area contributed by atoms with Crippen molar-refractivity contribution < 1.29 is 33.4 Å². The molecule has 6 heterocycles. The average Bonchev–Trinajstić information content (AvgIpc) is 2.03. The molecule has 484 valence electrons. The maximum absolute atomic E-state index is 12.9. The van der Waals surface area contributed by atoms with E-state index >= 15 is 0 Å². The smallest absolute Gasteiger partial charge is 0.255 e. The van der Waals surface area contributed by atoms with Gasteiger partial charge < -0.3 is 41.2 Å². The van der Waals surface area contributed by atoms with E-state index in [4.69, 9.17) is 19.9 Å². The fraction of sp³-hybridized carbons (Fsp3) is 0.338. The third kappa shape index (κ3) is 20.2. The summed E-state index contributed by atoms with van der Waals surface area (Å²) in [5.41, 5.74) is 15.5. The summed E-state index contributed by atoms with van der Waals surface area (Å²) in [6.45, 7) is 14.9. The summed E-state index contributed by atoms with van der Waals surface area (Å²) in [6, 6.07) is 43.0. The first kappa shape index (κ1) is 66.9. The SMILES string of the molecule is CC(=O)NC1=NCC(c2ccccc2NC(=O)c2ccc(OCCN3CCCCC3)cc2)=C1.NC1=NCC(c2ccccc2NC(=O)c2ccc(OCCN3CCCCC3)cc2)=C1.O=C(Nc1cccc(Br)c1C1=CC=NC1)c1ccc(OCCN2CCCCC2)cc1. The zero-order valence-electron chi connectivity index (χ0n) is 53.1. The number of nitrogens with one attached hydrogen (secondary N) is 4. The molecule has 0 atom stereocenters. The van der Waals surface area contributed by atoms with E-state index in [0.29, 0.717) is 73.5 Å². The van der Waals surface area contributed by atoms with E-state index < -0.39 is 0 Å². The van der Waals surface area contributed by atoms with Gasteiger partial charge in [-0.2, -0.15) is 0 Å². The number of ether oxygens (including phenoxy) is 3. The predicted molar refractivity (Wildman–Crippen MR) is 377 cm³/mol. The highest BCUT2D eigenvalue weighted by molar-refractivity contribution is 9.10. The maximum Gasteiger partial charge on any atom is 0.255 e. The Hall–Kier alpha value is -9.01. The molecular weight excluding hydrogens is 1230 g/mol. The van der Waals surface area contributed by atoms with Gasteiger partial charge in [0.25, 0.3) is 17.7 Å². The number of halogens is 1. The van der Waals surface area contributed by atoms with Gasteiger partial charge in [0.1, 0.15) is 48.7 Å². The Labute approximate surface area is 554 Å². The molecule has 0 unspecified atom stereocenters. The van der Waals surface area contributed by atoms with Gasteiger partial charge in [-0.25, -0.2) is 0 Å². The molecule has 93 heavy (non-hydrogen) atoms. The van der Waals surface area contributed by atoms with Crippen LogP contribution >= 0.6 is 15.9 Å². The van der Waals surface area contributed by atoms with Crippen LogP contribution in [0, 0.1) is 0 Å². The number of amides is 4. The molecule has 3 saturated heterocycles. The number of likely N-dealkylation sites (tertiary alicyclic amines) is 3. The Morgan fingerprint density at radius 2 is 0.871 bits per heavy atom. The first-order valence-electron chi connectivity index (χ1n) is 32.5. The highest BCUT2D eigenvalue weighted by Gasteiger charge is 2.21. The standard InChI is InChI=1S/C26H30N4O3.C24H26BrN3O2.C24H28N4O2/c1-19(31)28-25-17-21(18-27-25)23-7-3-4-8-24(23)29-26(32)20-9-11-22(12-10-20)33-16-15-30-13-5-2-6-14-30;25-21-5-4-6-22(23(21)19-11-12-26-17-19)27-24(29)18-7-9-20(10-8-18)30-16-15-28-13-2-1-3-14-28;25-23-16-19(17-26-23)21-6-2-3-7-22(21)27-24(29)18-8-10-20(11-9-18)30-15-14-28-12-4-1-5-13-28/h3-4,7-12,17H,2,5-6,13-16,18H2,1H3,(H,29,32)(H,27,28,31);4-12H,1-3,13-17H2,(H,27,29);2-3,6-11,16H,1,4-5,12-15,17H2,(H2,25,26)(H,27,29). The predicted octanol–water partition coefficient (Wildman–Crippen LogP) is 12.3. The summed E-state index contributed by atoms with van der Waals surface area (Å²) >= 11 is 3.60. The fourth-order valence-electron chi connectivity index (χ4n) is 11.8. The van der Waals surface area contributed by atoms with Crippen LogP contribution in [0.15, 0.2) is 177 Å². The van der Waals surface area contributed by atoms with Crippen LogP contribution in [0.3, 0.4) is 0 Å². The molecule has 19 heteroatoms. The monoisotopic (exact) mass is 1320 g/mol. The number of para-hydroxylation sites is 2. The summed E-state index contributed by atoms with van der Waals surface area (Å²) in [4.78, 5) is 69.8. The first-order chi connectivity index (χ1) is 45.5. The number of anilines is 3. The van der Waals surface area contributed by atoms with Crippen molar-refractivity contribution in [3.8, 4) is 17.2 Å². The highest BCUT2D eigenvalue weighted by atomic mass is 79.9. The molecule has 6 N–H and O–H groups in total. The Balaban J connectivity index is 0.000000153. The minimum Gasteiger partial charge on any atom is -0.492 e. The van der Waals surface area contributed by atoms with Crippen molar-refractivity contribution in [1.82, 2.24) is 20.0 Å². The normalized spacial score (nSPS) is 16.3. The third-order valence-electron chi connectivity index (χ3n) is 16.8. The molecule has 0 saturated carbocycles. The van der Waals surface area contributed by atoms with Gasteiger partial charge >= 0.3 is 0 Å². The Morgan fingerprint density at radius 3 is 1.28 bits per heavy atom. The number of hydrogen-bond donors (Lipinski definition) is 5. The number of allylic oxidation sites excluding steroid dienone is 1. The number of aliphatic imine (C=N–C) groups is 3. The number of carbonyl (C=O) groups is 4. The minimum absolute atomic E-state index is 0.145. The second-order valence-electron chi connectivity index (χ2n) is 23.6. The van der Waals surface area contributed by atoms with Gasteiger partial charge in [0, 0.05) is 87.7 Å². The van der Waals surface area contributed by atoms with E-state index in [1.54, 1.807) is 42.6 Å². The lowest BCUT2D eigenvalue weighted by molar-refractivity contribution is -0.117. The molecule has 0 aliphatic carbocycles. The number of nitrogens with two attached hydrogens (primary N) is 1. The van der Waals surface area contributed by atoms with E-state index in [1.807, 2.05) is 121 Å². The van der Waals surface area contributed by atoms with Crippen molar-refractivity contribution in [2.24, 2.45) is 20.7 Å². The number of amidine groups is 2. The van der Waals surface area contributed by atoms with Crippen molar-refractivity contribution in [2.45, 2.75) is 64.7 Å². The van der Waals surface area contributed by atoms with Gasteiger partial charge in [-0.1, -0.05) is 77.7 Å². The van der Waals surface area contributed by atoms with Crippen LogP contribution in [0.5, 0.6) is 17.2 Å². The molecule has 6 aliphatic rings. The van der Waals surface area contributed by atoms with E-state index in [-0.39, 0.29) is 23.6 Å². The minimum atomic E-state index is -0.191. The number of benzene rings is 6. The Morgan fingerprint density at radius 1 is 0.462 bits per heavy atom. The van der Waals surface area contributed by atoms with E-state index in [1.165, 1.54) is 90.9 Å². The molecule has 12 rings (SSSR count). The van der Waals surface area contributed by atoms with Gasteiger partial charge in [-0.15, -0.1) is 0 Å². The van der Waals surface area contributed by atoms with Gasteiger partial charge in [0.05, 0.1) is 19.6 Å². The van der Waals surface area contributed by atoms with Crippen LogP contribution in [0.2, 0.25) is 0 Å². The summed E-state index contributed by atoms with van der Waals surface area (Å²) in [5.74, 6) is 2.74. The van der Waals surface area contributed by atoms with Crippen LogP contribution < -0.4 is 41.2 Å². The Bertz CT molecular complexity index is 3710. The van der Waals surface area contributed by atoms with Crippen LogP contribution in [-0.2, 0) is 4.79 Å². The molecular formula is C74H84BrN11O7. The topological polar surface area (TPSA) is 217 Å². The molecule has 6 aromatic rings. The number of carbonyl (C=O) groups excluding carboxylic acids is 4. The van der Waals surface area contributed by atoms with E-state index in [2.05, 4.69) is 66.9 Å². The third-order valence-corrected chi connectivity index (χ3v) is 17.4. The molecule has 4 amide bonds. The largest absolute Gasteiger partial charge is 0.492 e. The molecule has 0 spiro atoms. The zero-order chi connectivity index (χ0) is 64.6. The molecule has 0 radical (unpaired) electrons. The van der Waals surface area contributed by atoms with E-state index in [0.717, 1.165) is 99.2 Å². The van der Waals surface area contributed by atoms with E-state index in [9.17, 15) is 19.2 Å². The molecule has 6 aromatic carbocycles. The van der Waals surface area contributed by atoms with Crippen LogP contribution in [0.25, 0.3) is 16.7 Å². The number of nitrogens with zero attached hydrogens (tertiary/aromatic N) is 6. The average molecular weight is 1320 g/mol. The van der Waals surface area contributed by atoms with Crippen molar-refractivity contribution >= 4 is 91.2 Å². The molecule has 0 bridgehead atoms. The van der Waals surface area contributed by atoms with Crippen LogP contribution in [0.1, 0.15) is 112 Å². The summed E-state index contributed by atoms with van der Waals surface area (Å²) in [7, 11) is 0. The van der Waals surface area contributed by atoms with Crippen molar-refractivity contribution in [1.29, 1.82) is 0 Å². The molecule has 0 aromatic heterocycles. The lowest BCUT2D eigenvalue weighted by atomic mass is 10.0. The van der Waals surface area contributed by atoms with Crippen molar-refractivity contribution in [3.05, 3.63) is 196 Å². The summed E-state index contributed by atoms with van der Waals surface area (Å²) < 4.78 is 18.5. The van der Waals surface area contributed by atoms with Crippen LogP contribution in [-0.4, -0.2) is 155 Å². The Kier molecular flexibility index (Phi) is 24.9. The van der Waals surface area contributed by atoms with Crippen molar-refractivity contribution in [2.75, 3.05) is 114 Å². The fourth-order valence-corrected chi connectivity index (χ4v) is 12.4. The molecule has 3 fully saturated rings. The number of hydrogen-bond acceptors (Lipinski definition) is 14. The molecule has 6 aliphatic heterocycles. The van der Waals surface area contributed by atoms with Crippen LogP contribution in [0.4, 0.5) is 17.1 Å². The van der Waals surface area contributed by atoms with Gasteiger partial charge in [-0.05, 0) is 210 Å². The van der Waals surface area contributed by atoms with Gasteiger partial charge in [-0.3, -0.25) is 48.9 Å². The second-order valence-corrected chi connectivity index (χ2v) is 24.4. The van der Waals surface area contributed by atoms with Crippen molar-refractivity contribution in [3.63, 3.8) is 0 Å². The summed E-state index contributed by atoms with van der Waals surface area (Å²) in [6.07, 6.45) is 19.1. The first-order valence-corrected chi connectivity index (χ1v) is 33.3. The lowest BCUT2D eigenvalue weighted by Crippen LogP contribution is -2.33. The second kappa shape index (κ2) is 34.6. The van der Waals surface area contributed by atoms with Gasteiger partial charge in [0.2, 0.25) is 5.91 Å². The zero-order valence-corrected chi connectivity index (χ0v) is 54.6. The quantitative estimate of drug-likeness (QED) is 0.0457. The van der Waals surface area contributed by atoms with Gasteiger partial charge in [0.15, 0.2) is 0 Å².